The molecule has 2 N–H and O–H groups in total. The first kappa shape index (κ1) is 12.1. The summed E-state index contributed by atoms with van der Waals surface area (Å²) in [5, 5.41) is 9.71. The van der Waals surface area contributed by atoms with Gasteiger partial charge in [-0.2, -0.15) is 0 Å². The first-order chi connectivity index (χ1) is 9.15. The van der Waals surface area contributed by atoms with E-state index in [-0.39, 0.29) is 11.7 Å². The van der Waals surface area contributed by atoms with Crippen LogP contribution >= 0.6 is 23.6 Å². The van der Waals surface area contributed by atoms with Gasteiger partial charge in [0.15, 0.2) is 9.74 Å². The Labute approximate surface area is 118 Å². The van der Waals surface area contributed by atoms with E-state index in [1.807, 2.05) is 24.3 Å². The van der Waals surface area contributed by atoms with Gasteiger partial charge in [-0.1, -0.05) is 30.3 Å². The highest BCUT2D eigenvalue weighted by atomic mass is 32.1. The molecule has 1 aromatic carbocycles. The number of hydrogen-bond acceptors (Lipinski definition) is 4. The Morgan fingerprint density at radius 3 is 2.63 bits per heavy atom. The highest BCUT2D eigenvalue weighted by Crippen LogP contribution is 2.31. The van der Waals surface area contributed by atoms with Gasteiger partial charge in [0.1, 0.15) is 0 Å². The molecule has 1 aromatic heterocycles. The van der Waals surface area contributed by atoms with E-state index in [0.29, 0.717) is 14.4 Å². The van der Waals surface area contributed by atoms with Crippen molar-refractivity contribution in [1.82, 2.24) is 4.98 Å². The summed E-state index contributed by atoms with van der Waals surface area (Å²) in [6.07, 6.45) is 5.12. The second-order valence-corrected chi connectivity index (χ2v) is 5.79. The number of aromatic nitrogens is 1. The number of aromatic hydroxyl groups is 1. The monoisotopic (exact) mass is 287 g/mol. The van der Waals surface area contributed by atoms with Crippen molar-refractivity contribution in [3.63, 3.8) is 0 Å². The molecule has 0 atom stereocenters. The van der Waals surface area contributed by atoms with Gasteiger partial charge in [-0.25, -0.2) is 0 Å². The molecule has 2 aromatic rings. The minimum absolute atomic E-state index is 0.00123. The molecule has 1 heterocycles. The maximum atomic E-state index is 11.8. The molecule has 3 rings (SSSR count). The van der Waals surface area contributed by atoms with Gasteiger partial charge in [0.2, 0.25) is 5.88 Å². The van der Waals surface area contributed by atoms with Crippen molar-refractivity contribution >= 4 is 41.0 Å². The van der Waals surface area contributed by atoms with E-state index >= 15 is 0 Å². The van der Waals surface area contributed by atoms with Gasteiger partial charge in [0.25, 0.3) is 0 Å². The second kappa shape index (κ2) is 4.60. The van der Waals surface area contributed by atoms with Crippen LogP contribution in [0.25, 0.3) is 11.6 Å². The molecular formula is C14H9NO2S2. The predicted molar refractivity (Wildman–Crippen MR) is 79.0 cm³/mol. The number of carbonyl (C=O) groups excluding carboxylic acids is 1. The number of benzene rings is 1. The van der Waals surface area contributed by atoms with E-state index < -0.39 is 0 Å². The third-order valence-electron chi connectivity index (χ3n) is 2.86. The zero-order chi connectivity index (χ0) is 13.4. The lowest BCUT2D eigenvalue weighted by Gasteiger charge is -2.12. The maximum absolute atomic E-state index is 11.8. The van der Waals surface area contributed by atoms with Crippen LogP contribution in [0, 0.1) is 3.95 Å². The minimum atomic E-state index is -0.00123. The van der Waals surface area contributed by atoms with Gasteiger partial charge in [-0.15, -0.1) is 11.3 Å². The van der Waals surface area contributed by atoms with Crippen molar-refractivity contribution in [3.8, 4) is 5.88 Å². The molecule has 0 saturated heterocycles. The number of fused-ring (bicyclic) bond motifs is 1. The summed E-state index contributed by atoms with van der Waals surface area (Å²) in [5.74, 6) is 0.0592. The second-order valence-electron chi connectivity index (χ2n) is 4.07. The third kappa shape index (κ3) is 2.18. The summed E-state index contributed by atoms with van der Waals surface area (Å²) >= 11 is 6.28. The summed E-state index contributed by atoms with van der Waals surface area (Å²) in [6, 6.07) is 7.42. The third-order valence-corrected chi connectivity index (χ3v) is 4.03. The number of allylic oxidation sites excluding steroid dienone is 3. The van der Waals surface area contributed by atoms with Gasteiger partial charge < -0.3 is 10.1 Å². The van der Waals surface area contributed by atoms with Crippen molar-refractivity contribution < 1.29 is 9.90 Å². The highest BCUT2D eigenvalue weighted by Gasteiger charge is 2.16. The molecule has 0 radical (unpaired) electrons. The van der Waals surface area contributed by atoms with E-state index in [9.17, 15) is 9.90 Å². The van der Waals surface area contributed by atoms with Crippen LogP contribution < -0.4 is 0 Å². The number of H-pyrrole nitrogens is 1. The molecule has 0 bridgehead atoms. The fraction of sp³-hybridized carbons (Fsp3) is 0. The first-order valence-electron chi connectivity index (χ1n) is 5.61. The lowest BCUT2D eigenvalue weighted by molar-refractivity contribution is 0.104. The number of rotatable bonds is 1. The lowest BCUT2D eigenvalue weighted by atomic mass is 9.91. The van der Waals surface area contributed by atoms with Gasteiger partial charge >= 0.3 is 0 Å². The standard InChI is InChI=1S/C14H9NO2S2/c16-11-6-5-8(9-3-1-2-4-10(9)11)7-12-13(17)15-14(18)19-12/h1-7,17H,(H,15,18). The largest absolute Gasteiger partial charge is 0.494 e. The van der Waals surface area contributed by atoms with Gasteiger partial charge in [-0.05, 0) is 35.5 Å². The molecular weight excluding hydrogens is 278 g/mol. The van der Waals surface area contributed by atoms with E-state index in [2.05, 4.69) is 4.98 Å². The predicted octanol–water partition coefficient (Wildman–Crippen LogP) is 3.80. The number of carbonyl (C=O) groups is 1. The molecule has 0 unspecified atom stereocenters. The maximum Gasteiger partial charge on any atom is 0.207 e. The molecule has 1 aliphatic carbocycles. The smallest absolute Gasteiger partial charge is 0.207 e. The number of thiazole rings is 1. The molecule has 0 aliphatic heterocycles. The highest BCUT2D eigenvalue weighted by molar-refractivity contribution is 7.73. The fourth-order valence-corrected chi connectivity index (χ4v) is 3.04. The SMILES string of the molecule is O=C1C=CC(=Cc2sc(=S)[nH]c2O)c2ccccc21. The van der Waals surface area contributed by atoms with Crippen LogP contribution in [0.5, 0.6) is 5.88 Å². The summed E-state index contributed by atoms with van der Waals surface area (Å²) < 4.78 is 0.522. The van der Waals surface area contributed by atoms with Gasteiger partial charge in [0.05, 0.1) is 4.88 Å². The molecule has 0 amide bonds. The quantitative estimate of drug-likeness (QED) is 0.784. The molecule has 5 heteroatoms. The van der Waals surface area contributed by atoms with Crippen LogP contribution in [0.1, 0.15) is 20.8 Å². The Morgan fingerprint density at radius 2 is 1.95 bits per heavy atom. The number of nitrogens with one attached hydrogen (secondary N) is 1. The van der Waals surface area contributed by atoms with Crippen molar-refractivity contribution in [2.24, 2.45) is 0 Å². The van der Waals surface area contributed by atoms with Crippen LogP contribution in [-0.2, 0) is 0 Å². The van der Waals surface area contributed by atoms with Crippen LogP contribution in [-0.4, -0.2) is 15.9 Å². The van der Waals surface area contributed by atoms with E-state index in [0.717, 1.165) is 11.1 Å². The molecule has 94 valence electrons. The average Bonchev–Trinajstić information content (AvgIpc) is 2.72. The normalized spacial score (nSPS) is 15.8. The minimum Gasteiger partial charge on any atom is -0.494 e. The fourth-order valence-electron chi connectivity index (χ4n) is 1.99. The number of hydrogen-bond donors (Lipinski definition) is 2. The van der Waals surface area contributed by atoms with Crippen molar-refractivity contribution in [2.75, 3.05) is 0 Å². The zero-order valence-corrected chi connectivity index (χ0v) is 11.3. The molecule has 0 spiro atoms. The summed E-state index contributed by atoms with van der Waals surface area (Å²) in [6.45, 7) is 0. The summed E-state index contributed by atoms with van der Waals surface area (Å²) in [5.41, 5.74) is 2.43. The lowest BCUT2D eigenvalue weighted by Crippen LogP contribution is -2.04. The Balaban J connectivity index is 2.16. The Kier molecular flexibility index (Phi) is 2.93. The van der Waals surface area contributed by atoms with E-state index in [1.54, 1.807) is 12.1 Å². The van der Waals surface area contributed by atoms with Gasteiger partial charge in [0, 0.05) is 5.56 Å². The first-order valence-corrected chi connectivity index (χ1v) is 6.83. The molecule has 1 aliphatic rings. The Bertz CT molecular complexity index is 781. The van der Waals surface area contributed by atoms with E-state index in [1.165, 1.54) is 17.4 Å². The van der Waals surface area contributed by atoms with Crippen LogP contribution in [0.4, 0.5) is 0 Å². The number of aromatic amines is 1. The van der Waals surface area contributed by atoms with Crippen LogP contribution in [0.3, 0.4) is 0 Å². The molecule has 19 heavy (non-hydrogen) atoms. The zero-order valence-electron chi connectivity index (χ0n) is 9.71. The van der Waals surface area contributed by atoms with Gasteiger partial charge in [-0.3, -0.25) is 4.79 Å². The molecule has 3 nitrogen and oxygen atoms in total. The van der Waals surface area contributed by atoms with Crippen LogP contribution in [0.15, 0.2) is 36.4 Å². The summed E-state index contributed by atoms with van der Waals surface area (Å²) in [7, 11) is 0. The van der Waals surface area contributed by atoms with E-state index in [4.69, 9.17) is 12.2 Å². The average molecular weight is 287 g/mol. The van der Waals surface area contributed by atoms with Crippen molar-refractivity contribution in [1.29, 1.82) is 0 Å². The Morgan fingerprint density at radius 1 is 1.21 bits per heavy atom. The molecule has 0 fully saturated rings. The summed E-state index contributed by atoms with van der Waals surface area (Å²) in [4.78, 5) is 15.1. The number of ketones is 1. The van der Waals surface area contributed by atoms with Crippen molar-refractivity contribution in [3.05, 3.63) is 56.4 Å². The molecule has 0 saturated carbocycles. The topological polar surface area (TPSA) is 53.1 Å². The van der Waals surface area contributed by atoms with Crippen LogP contribution in [0.2, 0.25) is 0 Å². The van der Waals surface area contributed by atoms with Crippen molar-refractivity contribution in [2.45, 2.75) is 0 Å². The Hall–Kier alpha value is -1.98.